The molecule has 0 fully saturated rings. The molecule has 2 heterocycles. The molecule has 0 aliphatic carbocycles. The van der Waals surface area contributed by atoms with Crippen molar-refractivity contribution in [3.63, 3.8) is 0 Å². The molecule has 0 amide bonds. The number of methoxy groups -OCH3 is 1. The van der Waals surface area contributed by atoms with E-state index in [0.29, 0.717) is 23.6 Å². The summed E-state index contributed by atoms with van der Waals surface area (Å²) in [5.41, 5.74) is 0.645. The van der Waals surface area contributed by atoms with Crippen LogP contribution in [0.15, 0.2) is 64.2 Å². The second kappa shape index (κ2) is 7.31. The Kier molecular flexibility index (Phi) is 4.67. The first-order valence-corrected chi connectivity index (χ1v) is 9.02. The van der Waals surface area contributed by atoms with E-state index in [4.69, 9.17) is 9.47 Å². The summed E-state index contributed by atoms with van der Waals surface area (Å²) in [7, 11) is 4.58. The fourth-order valence-corrected chi connectivity index (χ4v) is 3.22. The lowest BCUT2D eigenvalue weighted by Crippen LogP contribution is -2.37. The first-order valence-electron chi connectivity index (χ1n) is 9.02. The van der Waals surface area contributed by atoms with Crippen molar-refractivity contribution in [1.29, 1.82) is 0 Å². The fraction of sp³-hybridized carbons (Fsp3) is 0.190. The van der Waals surface area contributed by atoms with E-state index < -0.39 is 11.2 Å². The fourth-order valence-electron chi connectivity index (χ4n) is 3.22. The van der Waals surface area contributed by atoms with Gasteiger partial charge in [-0.2, -0.15) is 4.98 Å². The van der Waals surface area contributed by atoms with E-state index in [2.05, 4.69) is 4.98 Å². The lowest BCUT2D eigenvalue weighted by atomic mass is 10.2. The van der Waals surface area contributed by atoms with Crippen LogP contribution < -0.4 is 20.7 Å². The average molecular weight is 392 g/mol. The van der Waals surface area contributed by atoms with Gasteiger partial charge in [-0.3, -0.25) is 18.5 Å². The van der Waals surface area contributed by atoms with E-state index in [9.17, 15) is 9.59 Å². The molecule has 0 N–H and O–H groups in total. The quantitative estimate of drug-likeness (QED) is 0.521. The van der Waals surface area contributed by atoms with Crippen LogP contribution in [0, 0.1) is 0 Å². The Hall–Kier alpha value is -3.81. The van der Waals surface area contributed by atoms with Gasteiger partial charge >= 0.3 is 11.7 Å². The molecule has 4 rings (SSSR count). The Balaban J connectivity index is 1.96. The van der Waals surface area contributed by atoms with Gasteiger partial charge in [0.2, 0.25) is 0 Å². The van der Waals surface area contributed by atoms with Crippen LogP contribution in [-0.4, -0.2) is 25.8 Å². The molecular formula is C21H20N4O4. The van der Waals surface area contributed by atoms with Crippen molar-refractivity contribution in [2.45, 2.75) is 6.54 Å². The highest BCUT2D eigenvalue weighted by molar-refractivity contribution is 5.72. The van der Waals surface area contributed by atoms with Crippen LogP contribution in [-0.2, 0) is 20.6 Å². The highest BCUT2D eigenvalue weighted by Crippen LogP contribution is 2.32. The summed E-state index contributed by atoms with van der Waals surface area (Å²) in [5, 5.41) is 0. The molecule has 0 unspecified atom stereocenters. The van der Waals surface area contributed by atoms with E-state index in [1.165, 1.54) is 11.6 Å². The van der Waals surface area contributed by atoms with Gasteiger partial charge in [-0.15, -0.1) is 0 Å². The van der Waals surface area contributed by atoms with E-state index >= 15 is 0 Å². The van der Waals surface area contributed by atoms with Crippen molar-refractivity contribution in [3.8, 4) is 17.5 Å². The minimum atomic E-state index is -0.448. The molecule has 0 aliphatic heterocycles. The van der Waals surface area contributed by atoms with E-state index in [1.807, 2.05) is 42.5 Å². The second-order valence-electron chi connectivity index (χ2n) is 6.60. The van der Waals surface area contributed by atoms with Crippen LogP contribution in [0.4, 0.5) is 0 Å². The Bertz CT molecular complexity index is 1300. The summed E-state index contributed by atoms with van der Waals surface area (Å²) in [6, 6.07) is 17.0. The maximum absolute atomic E-state index is 12.9. The average Bonchev–Trinajstić information content (AvgIpc) is 3.10. The SMILES string of the molecule is COc1ccccc1Oc1nc2c(c(=O)n(C)c(=O)n2C)n1Cc1ccccc1. The van der Waals surface area contributed by atoms with Crippen molar-refractivity contribution < 1.29 is 9.47 Å². The molecule has 2 aromatic heterocycles. The number of hydrogen-bond acceptors (Lipinski definition) is 5. The lowest BCUT2D eigenvalue weighted by Gasteiger charge is -2.12. The van der Waals surface area contributed by atoms with Crippen LogP contribution in [0.3, 0.4) is 0 Å². The van der Waals surface area contributed by atoms with Crippen LogP contribution in [0.25, 0.3) is 11.2 Å². The molecule has 0 aliphatic rings. The third kappa shape index (κ3) is 3.18. The molecule has 2 aromatic carbocycles. The summed E-state index contributed by atoms with van der Waals surface area (Å²) in [4.78, 5) is 29.7. The van der Waals surface area contributed by atoms with Gasteiger partial charge in [-0.25, -0.2) is 4.79 Å². The number of nitrogens with zero attached hydrogens (tertiary/aromatic N) is 4. The summed E-state index contributed by atoms with van der Waals surface area (Å²) in [6.45, 7) is 0.356. The number of hydrogen-bond donors (Lipinski definition) is 0. The molecule has 0 saturated heterocycles. The first-order chi connectivity index (χ1) is 14.0. The molecule has 29 heavy (non-hydrogen) atoms. The second-order valence-corrected chi connectivity index (χ2v) is 6.60. The molecule has 0 radical (unpaired) electrons. The zero-order chi connectivity index (χ0) is 20.5. The van der Waals surface area contributed by atoms with Gasteiger partial charge < -0.3 is 9.47 Å². The van der Waals surface area contributed by atoms with Crippen molar-refractivity contribution >= 4 is 11.2 Å². The molecule has 0 saturated carbocycles. The predicted molar refractivity (Wildman–Crippen MR) is 109 cm³/mol. The molecule has 0 spiro atoms. The normalized spacial score (nSPS) is 11.0. The van der Waals surface area contributed by atoms with Gasteiger partial charge in [-0.05, 0) is 17.7 Å². The summed E-state index contributed by atoms with van der Waals surface area (Å²) in [5.74, 6) is 0.994. The maximum atomic E-state index is 12.9. The highest BCUT2D eigenvalue weighted by atomic mass is 16.5. The third-order valence-electron chi connectivity index (χ3n) is 4.77. The van der Waals surface area contributed by atoms with Gasteiger partial charge in [0.05, 0.1) is 13.7 Å². The third-order valence-corrected chi connectivity index (χ3v) is 4.77. The number of fused-ring (bicyclic) bond motifs is 1. The first kappa shape index (κ1) is 18.5. The Labute approximate surface area is 166 Å². The minimum absolute atomic E-state index is 0.201. The van der Waals surface area contributed by atoms with E-state index in [0.717, 1.165) is 10.1 Å². The van der Waals surface area contributed by atoms with Crippen molar-refractivity contribution in [2.24, 2.45) is 14.1 Å². The largest absolute Gasteiger partial charge is 0.493 e. The smallest absolute Gasteiger partial charge is 0.332 e. The number of aryl methyl sites for hydroxylation is 1. The molecule has 0 atom stereocenters. The molecular weight excluding hydrogens is 372 g/mol. The van der Waals surface area contributed by atoms with Crippen LogP contribution >= 0.6 is 0 Å². The zero-order valence-corrected chi connectivity index (χ0v) is 16.3. The number of para-hydroxylation sites is 2. The molecule has 8 nitrogen and oxygen atoms in total. The Morgan fingerprint density at radius 1 is 0.897 bits per heavy atom. The summed E-state index contributed by atoms with van der Waals surface area (Å²) < 4.78 is 15.5. The number of aromatic nitrogens is 4. The summed E-state index contributed by atoms with van der Waals surface area (Å²) in [6.07, 6.45) is 0. The van der Waals surface area contributed by atoms with Crippen molar-refractivity contribution in [1.82, 2.24) is 18.7 Å². The molecule has 8 heteroatoms. The Morgan fingerprint density at radius 3 is 2.24 bits per heavy atom. The standard InChI is InChI=1S/C21H20N4O4/c1-23-18-17(19(26)24(2)21(23)27)25(13-14-9-5-4-6-10-14)20(22-18)29-16-12-8-7-11-15(16)28-3/h4-12H,13H2,1-3H3. The van der Waals surface area contributed by atoms with Crippen LogP contribution in [0.2, 0.25) is 0 Å². The van der Waals surface area contributed by atoms with Crippen molar-refractivity contribution in [3.05, 3.63) is 81.0 Å². The lowest BCUT2D eigenvalue weighted by molar-refractivity contribution is 0.361. The zero-order valence-electron chi connectivity index (χ0n) is 16.3. The van der Waals surface area contributed by atoms with Gasteiger partial charge in [0.25, 0.3) is 5.56 Å². The number of benzene rings is 2. The highest BCUT2D eigenvalue weighted by Gasteiger charge is 2.21. The molecule has 4 aromatic rings. The Morgan fingerprint density at radius 2 is 1.55 bits per heavy atom. The van der Waals surface area contributed by atoms with Crippen LogP contribution in [0.5, 0.6) is 17.5 Å². The minimum Gasteiger partial charge on any atom is -0.493 e. The maximum Gasteiger partial charge on any atom is 0.332 e. The molecule has 148 valence electrons. The number of rotatable bonds is 5. The van der Waals surface area contributed by atoms with Gasteiger partial charge in [0.1, 0.15) is 0 Å². The molecule has 0 bridgehead atoms. The van der Waals surface area contributed by atoms with Gasteiger partial charge in [-0.1, -0.05) is 42.5 Å². The predicted octanol–water partition coefficient (Wildman–Crippen LogP) is 2.28. The van der Waals surface area contributed by atoms with Gasteiger partial charge in [0, 0.05) is 14.1 Å². The topological polar surface area (TPSA) is 80.3 Å². The number of ether oxygens (including phenoxy) is 2. The van der Waals surface area contributed by atoms with E-state index in [1.54, 1.807) is 30.9 Å². The van der Waals surface area contributed by atoms with Gasteiger partial charge in [0.15, 0.2) is 22.7 Å². The number of imidazole rings is 1. The van der Waals surface area contributed by atoms with E-state index in [-0.39, 0.29) is 11.7 Å². The van der Waals surface area contributed by atoms with Crippen LogP contribution in [0.1, 0.15) is 5.56 Å². The van der Waals surface area contributed by atoms with Crippen molar-refractivity contribution in [2.75, 3.05) is 7.11 Å². The summed E-state index contributed by atoms with van der Waals surface area (Å²) >= 11 is 0. The monoisotopic (exact) mass is 392 g/mol.